The summed E-state index contributed by atoms with van der Waals surface area (Å²) in [6.45, 7) is 1.59. The van der Waals surface area contributed by atoms with Crippen LogP contribution in [-0.4, -0.2) is 22.9 Å². The van der Waals surface area contributed by atoms with Crippen molar-refractivity contribution in [3.8, 4) is 0 Å². The number of alkyl halides is 1. The summed E-state index contributed by atoms with van der Waals surface area (Å²) in [6, 6.07) is 0.758. The second-order valence-corrected chi connectivity index (χ2v) is 3.64. The van der Waals surface area contributed by atoms with E-state index in [9.17, 15) is 4.79 Å². The van der Waals surface area contributed by atoms with Crippen LogP contribution < -0.4 is 0 Å². The molecule has 1 amide bonds. The van der Waals surface area contributed by atoms with Gasteiger partial charge in [-0.1, -0.05) is 19.3 Å². The lowest BCUT2D eigenvalue weighted by atomic mass is 9.94. The molecule has 0 N–H and O–H groups in total. The molecule has 1 saturated carbocycles. The van der Waals surface area contributed by atoms with Gasteiger partial charge in [-0.05, 0) is 12.8 Å². The Bertz CT molecular complexity index is 155. The van der Waals surface area contributed by atoms with Gasteiger partial charge in [-0.15, -0.1) is 11.6 Å². The molecule has 3 heteroatoms. The van der Waals surface area contributed by atoms with E-state index >= 15 is 0 Å². The molecule has 0 aliphatic heterocycles. The Labute approximate surface area is 78.9 Å². The number of carbonyl (C=O) groups is 1. The number of nitrogens with zero attached hydrogens (tertiary/aromatic N) is 1. The van der Waals surface area contributed by atoms with E-state index in [4.69, 9.17) is 11.6 Å². The first-order valence-corrected chi connectivity index (χ1v) is 5.12. The highest BCUT2D eigenvalue weighted by Crippen LogP contribution is 2.22. The van der Waals surface area contributed by atoms with Crippen molar-refractivity contribution in [2.75, 3.05) is 6.00 Å². The number of hydrogen-bond acceptors (Lipinski definition) is 1. The number of halogens is 1. The largest absolute Gasteiger partial charge is 0.326 e. The van der Waals surface area contributed by atoms with Gasteiger partial charge >= 0.3 is 0 Å². The minimum Gasteiger partial charge on any atom is -0.326 e. The minimum absolute atomic E-state index is 0.108. The first kappa shape index (κ1) is 9.85. The summed E-state index contributed by atoms with van der Waals surface area (Å²) in [5.74, 6) is 0.108. The Morgan fingerprint density at radius 3 is 2.42 bits per heavy atom. The maximum atomic E-state index is 11.1. The molecule has 0 aromatic heterocycles. The number of amides is 1. The van der Waals surface area contributed by atoms with E-state index in [0.717, 1.165) is 12.8 Å². The van der Waals surface area contributed by atoms with Gasteiger partial charge in [-0.2, -0.15) is 0 Å². The average Bonchev–Trinajstić information content (AvgIpc) is 2.07. The maximum Gasteiger partial charge on any atom is 0.220 e. The highest BCUT2D eigenvalue weighted by molar-refractivity contribution is 6.18. The summed E-state index contributed by atoms with van der Waals surface area (Å²) in [6.07, 6.45) is 6.06. The van der Waals surface area contributed by atoms with Crippen LogP contribution in [0.2, 0.25) is 0 Å². The van der Waals surface area contributed by atoms with Crippen LogP contribution in [0.25, 0.3) is 0 Å². The molecule has 1 rings (SSSR count). The van der Waals surface area contributed by atoms with Gasteiger partial charge in [-0.25, -0.2) is 0 Å². The van der Waals surface area contributed by atoms with Crippen molar-refractivity contribution < 1.29 is 4.79 Å². The SMILES string of the molecule is CC(=O)N(CCl)C1CCCCC1. The third-order valence-corrected chi connectivity index (χ3v) is 2.81. The van der Waals surface area contributed by atoms with Crippen molar-refractivity contribution in [3.63, 3.8) is 0 Å². The van der Waals surface area contributed by atoms with Crippen molar-refractivity contribution in [2.45, 2.75) is 45.1 Å². The van der Waals surface area contributed by atoms with Gasteiger partial charge in [0.2, 0.25) is 5.91 Å². The molecular formula is C9H16ClNO. The van der Waals surface area contributed by atoms with E-state index in [0.29, 0.717) is 12.0 Å². The molecule has 0 saturated heterocycles. The van der Waals surface area contributed by atoms with Gasteiger partial charge < -0.3 is 4.90 Å². The molecule has 12 heavy (non-hydrogen) atoms. The van der Waals surface area contributed by atoms with Crippen LogP contribution in [0.1, 0.15) is 39.0 Å². The third-order valence-electron chi connectivity index (χ3n) is 2.55. The molecule has 1 fully saturated rings. The summed E-state index contributed by atoms with van der Waals surface area (Å²) in [5.41, 5.74) is 0. The highest BCUT2D eigenvalue weighted by atomic mass is 35.5. The summed E-state index contributed by atoms with van der Waals surface area (Å²) in [4.78, 5) is 12.9. The molecule has 2 nitrogen and oxygen atoms in total. The average molecular weight is 190 g/mol. The summed E-state index contributed by atoms with van der Waals surface area (Å²) >= 11 is 5.70. The number of hydrogen-bond donors (Lipinski definition) is 0. The van der Waals surface area contributed by atoms with E-state index < -0.39 is 0 Å². The summed E-state index contributed by atoms with van der Waals surface area (Å²) in [5, 5.41) is 0. The topological polar surface area (TPSA) is 20.3 Å². The second kappa shape index (κ2) is 4.70. The standard InChI is InChI=1S/C9H16ClNO/c1-8(12)11(7-10)9-5-3-2-4-6-9/h9H,2-7H2,1H3. The molecule has 70 valence electrons. The van der Waals surface area contributed by atoms with E-state index in [1.807, 2.05) is 0 Å². The van der Waals surface area contributed by atoms with Gasteiger partial charge in [-0.3, -0.25) is 4.79 Å². The Morgan fingerprint density at radius 1 is 1.42 bits per heavy atom. The van der Waals surface area contributed by atoms with Gasteiger partial charge in [0.15, 0.2) is 0 Å². The van der Waals surface area contributed by atoms with E-state index in [1.165, 1.54) is 19.3 Å². The summed E-state index contributed by atoms with van der Waals surface area (Å²) in [7, 11) is 0. The zero-order valence-electron chi connectivity index (χ0n) is 7.55. The lowest BCUT2D eigenvalue weighted by Gasteiger charge is -2.31. The zero-order chi connectivity index (χ0) is 8.97. The molecule has 0 radical (unpaired) electrons. The third kappa shape index (κ3) is 2.37. The quantitative estimate of drug-likeness (QED) is 0.483. The second-order valence-electron chi connectivity index (χ2n) is 3.40. The monoisotopic (exact) mass is 189 g/mol. The van der Waals surface area contributed by atoms with Crippen LogP contribution >= 0.6 is 11.6 Å². The van der Waals surface area contributed by atoms with Crippen LogP contribution in [0.5, 0.6) is 0 Å². The molecule has 1 aliphatic carbocycles. The van der Waals surface area contributed by atoms with Crippen molar-refractivity contribution in [3.05, 3.63) is 0 Å². The lowest BCUT2D eigenvalue weighted by molar-refractivity contribution is -0.130. The highest BCUT2D eigenvalue weighted by Gasteiger charge is 2.21. The lowest BCUT2D eigenvalue weighted by Crippen LogP contribution is -2.39. The fourth-order valence-corrected chi connectivity index (χ4v) is 2.20. The van der Waals surface area contributed by atoms with E-state index in [1.54, 1.807) is 11.8 Å². The van der Waals surface area contributed by atoms with Crippen molar-refractivity contribution in [1.29, 1.82) is 0 Å². The van der Waals surface area contributed by atoms with Crippen LogP contribution in [0, 0.1) is 0 Å². The molecule has 1 aliphatic rings. The summed E-state index contributed by atoms with van der Waals surface area (Å²) < 4.78 is 0. The van der Waals surface area contributed by atoms with Gasteiger partial charge in [0.25, 0.3) is 0 Å². The fraction of sp³-hybridized carbons (Fsp3) is 0.889. The predicted octanol–water partition coefficient (Wildman–Crippen LogP) is 2.36. The minimum atomic E-state index is 0.108. The van der Waals surface area contributed by atoms with Crippen LogP contribution in [0.15, 0.2) is 0 Å². The van der Waals surface area contributed by atoms with Gasteiger partial charge in [0, 0.05) is 13.0 Å². The van der Waals surface area contributed by atoms with Crippen molar-refractivity contribution in [1.82, 2.24) is 4.90 Å². The Balaban J connectivity index is 2.46. The normalized spacial score (nSPS) is 19.2. The Hall–Kier alpha value is -0.240. The molecule has 0 bridgehead atoms. The smallest absolute Gasteiger partial charge is 0.220 e. The van der Waals surface area contributed by atoms with E-state index in [-0.39, 0.29) is 5.91 Å². The molecule has 0 heterocycles. The Morgan fingerprint density at radius 2 is 2.00 bits per heavy atom. The Kier molecular flexibility index (Phi) is 3.86. The van der Waals surface area contributed by atoms with Gasteiger partial charge in [0.1, 0.15) is 0 Å². The van der Waals surface area contributed by atoms with Crippen LogP contribution in [-0.2, 0) is 4.79 Å². The molecule has 0 aromatic rings. The first-order valence-electron chi connectivity index (χ1n) is 4.59. The molecule has 0 spiro atoms. The van der Waals surface area contributed by atoms with Crippen LogP contribution in [0.4, 0.5) is 0 Å². The van der Waals surface area contributed by atoms with Crippen molar-refractivity contribution in [2.24, 2.45) is 0 Å². The number of carbonyl (C=O) groups excluding carboxylic acids is 1. The predicted molar refractivity (Wildman–Crippen MR) is 50.1 cm³/mol. The fourth-order valence-electron chi connectivity index (χ4n) is 1.83. The van der Waals surface area contributed by atoms with Crippen LogP contribution in [0.3, 0.4) is 0 Å². The molecular weight excluding hydrogens is 174 g/mol. The van der Waals surface area contributed by atoms with Gasteiger partial charge in [0.05, 0.1) is 6.00 Å². The zero-order valence-corrected chi connectivity index (χ0v) is 8.31. The van der Waals surface area contributed by atoms with Crippen molar-refractivity contribution >= 4 is 17.5 Å². The first-order chi connectivity index (χ1) is 5.75. The maximum absolute atomic E-state index is 11.1. The molecule has 0 atom stereocenters. The number of rotatable bonds is 2. The molecule has 0 unspecified atom stereocenters. The molecule has 0 aromatic carbocycles. The van der Waals surface area contributed by atoms with E-state index in [2.05, 4.69) is 0 Å².